The van der Waals surface area contributed by atoms with Gasteiger partial charge in [-0.2, -0.15) is 0 Å². The molecule has 1 aliphatic rings. The number of carboxylic acids is 1. The lowest BCUT2D eigenvalue weighted by molar-refractivity contribution is -0.142. The van der Waals surface area contributed by atoms with Crippen molar-refractivity contribution in [1.82, 2.24) is 25.3 Å². The van der Waals surface area contributed by atoms with Crippen LogP contribution in [-0.4, -0.2) is 49.4 Å². The molecule has 2 aromatic rings. The number of hydrogen-bond acceptors (Lipinski definition) is 6. The Bertz CT molecular complexity index is 546. The Labute approximate surface area is 89.5 Å². The number of nitrogens with zero attached hydrogens (tertiary/aromatic N) is 6. The Kier molecular flexibility index (Phi) is 1.76. The first-order valence-electron chi connectivity index (χ1n) is 4.77. The molecule has 1 aliphatic heterocycles. The third kappa shape index (κ3) is 1.27. The summed E-state index contributed by atoms with van der Waals surface area (Å²) in [5, 5.41) is 23.8. The van der Waals surface area contributed by atoms with E-state index in [0.717, 1.165) is 0 Å². The molecule has 3 rings (SSSR count). The van der Waals surface area contributed by atoms with Gasteiger partial charge in [0.2, 0.25) is 0 Å². The van der Waals surface area contributed by atoms with Crippen molar-refractivity contribution < 1.29 is 9.90 Å². The Balaban J connectivity index is 1.83. The fourth-order valence-corrected chi connectivity index (χ4v) is 1.63. The van der Waals surface area contributed by atoms with E-state index in [1.165, 1.54) is 4.63 Å². The van der Waals surface area contributed by atoms with Crippen molar-refractivity contribution in [1.29, 1.82) is 0 Å². The van der Waals surface area contributed by atoms with Crippen molar-refractivity contribution in [3.05, 3.63) is 12.1 Å². The average Bonchev–Trinajstić information content (AvgIpc) is 2.61. The summed E-state index contributed by atoms with van der Waals surface area (Å²) in [4.78, 5) is 12.5. The highest BCUT2D eigenvalue weighted by Crippen LogP contribution is 2.22. The second-order valence-corrected chi connectivity index (χ2v) is 3.66. The summed E-state index contributed by atoms with van der Waals surface area (Å²) in [6, 6.07) is 3.53. The van der Waals surface area contributed by atoms with Crippen molar-refractivity contribution in [3.63, 3.8) is 0 Å². The van der Waals surface area contributed by atoms with Gasteiger partial charge in [0.05, 0.1) is 5.92 Å². The van der Waals surface area contributed by atoms with E-state index < -0.39 is 5.97 Å². The monoisotopic (exact) mass is 220 g/mol. The normalized spacial score (nSPS) is 16.4. The average molecular weight is 220 g/mol. The molecule has 8 nitrogen and oxygen atoms in total. The van der Waals surface area contributed by atoms with E-state index in [2.05, 4.69) is 20.6 Å². The van der Waals surface area contributed by atoms with Crippen LogP contribution in [0.3, 0.4) is 0 Å². The Morgan fingerprint density at radius 2 is 2.25 bits per heavy atom. The van der Waals surface area contributed by atoms with Gasteiger partial charge in [0, 0.05) is 13.1 Å². The molecule has 3 heterocycles. The molecule has 0 unspecified atom stereocenters. The second-order valence-electron chi connectivity index (χ2n) is 3.66. The number of carbonyl (C=O) groups is 1. The van der Waals surface area contributed by atoms with Gasteiger partial charge in [0.15, 0.2) is 11.5 Å². The van der Waals surface area contributed by atoms with Gasteiger partial charge in [-0.15, -0.1) is 14.8 Å². The van der Waals surface area contributed by atoms with Gasteiger partial charge in [0.1, 0.15) is 0 Å². The van der Waals surface area contributed by atoms with Crippen molar-refractivity contribution in [3.8, 4) is 0 Å². The number of hydrogen-bond donors (Lipinski definition) is 1. The van der Waals surface area contributed by atoms with Crippen LogP contribution in [0.4, 0.5) is 5.82 Å². The molecule has 1 N–H and O–H groups in total. The fraction of sp³-hybridized carbons (Fsp3) is 0.375. The van der Waals surface area contributed by atoms with Gasteiger partial charge < -0.3 is 10.0 Å². The van der Waals surface area contributed by atoms with Gasteiger partial charge in [0.25, 0.3) is 0 Å². The molecule has 0 amide bonds. The van der Waals surface area contributed by atoms with Gasteiger partial charge in [-0.3, -0.25) is 4.79 Å². The smallest absolute Gasteiger partial charge is 0.310 e. The van der Waals surface area contributed by atoms with Gasteiger partial charge in [-0.1, -0.05) is 0 Å². The van der Waals surface area contributed by atoms with Gasteiger partial charge >= 0.3 is 5.97 Å². The number of rotatable bonds is 2. The largest absolute Gasteiger partial charge is 0.481 e. The maximum atomic E-state index is 10.6. The summed E-state index contributed by atoms with van der Waals surface area (Å²) >= 11 is 0. The number of aromatic nitrogens is 5. The second kappa shape index (κ2) is 3.12. The molecule has 0 aromatic carbocycles. The molecule has 2 aromatic heterocycles. The van der Waals surface area contributed by atoms with Crippen molar-refractivity contribution in [2.24, 2.45) is 5.92 Å². The first kappa shape index (κ1) is 9.01. The summed E-state index contributed by atoms with van der Waals surface area (Å²) in [5.41, 5.74) is 0.569. The number of anilines is 1. The van der Waals surface area contributed by atoms with Crippen LogP contribution in [0.15, 0.2) is 12.1 Å². The number of carboxylic acid groups (broad SMARTS) is 1. The minimum absolute atomic E-state index is 0.300. The third-order valence-electron chi connectivity index (χ3n) is 2.61. The Morgan fingerprint density at radius 3 is 3.00 bits per heavy atom. The molecule has 0 bridgehead atoms. The number of aliphatic carboxylic acids is 1. The molecule has 1 fully saturated rings. The standard InChI is InChI=1S/C8H8N6O2/c15-8(16)5-3-13(4-5)7-2-1-6-9-11-12-14(6)10-7/h1-2,5H,3-4H2,(H,15,16). The fourth-order valence-electron chi connectivity index (χ4n) is 1.63. The topological polar surface area (TPSA) is 96.5 Å². The molecular formula is C8H8N6O2. The summed E-state index contributed by atoms with van der Waals surface area (Å²) in [7, 11) is 0. The predicted molar refractivity (Wildman–Crippen MR) is 51.9 cm³/mol. The van der Waals surface area contributed by atoms with Crippen molar-refractivity contribution >= 4 is 17.4 Å². The zero-order chi connectivity index (χ0) is 11.1. The summed E-state index contributed by atoms with van der Waals surface area (Å²) in [6.45, 7) is 0.964. The Morgan fingerprint density at radius 1 is 1.44 bits per heavy atom. The molecule has 1 saturated heterocycles. The van der Waals surface area contributed by atoms with Crippen LogP contribution in [0, 0.1) is 5.92 Å². The lowest BCUT2D eigenvalue weighted by Crippen LogP contribution is -2.50. The van der Waals surface area contributed by atoms with E-state index >= 15 is 0 Å². The molecule has 82 valence electrons. The molecule has 8 heteroatoms. The van der Waals surface area contributed by atoms with Crippen LogP contribution >= 0.6 is 0 Å². The van der Waals surface area contributed by atoms with Crippen molar-refractivity contribution in [2.45, 2.75) is 0 Å². The zero-order valence-corrected chi connectivity index (χ0v) is 8.19. The lowest BCUT2D eigenvalue weighted by atomic mass is 10.0. The first-order valence-corrected chi connectivity index (χ1v) is 4.77. The highest BCUT2D eigenvalue weighted by molar-refractivity contribution is 5.74. The summed E-state index contributed by atoms with van der Waals surface area (Å²) in [6.07, 6.45) is 0. The van der Waals surface area contributed by atoms with E-state index in [9.17, 15) is 4.79 Å². The van der Waals surface area contributed by atoms with E-state index in [-0.39, 0.29) is 5.92 Å². The van der Waals surface area contributed by atoms with Gasteiger partial charge in [-0.05, 0) is 22.6 Å². The summed E-state index contributed by atoms with van der Waals surface area (Å²) in [5.74, 6) is -0.372. The minimum atomic E-state index is -0.764. The molecular weight excluding hydrogens is 212 g/mol. The first-order chi connectivity index (χ1) is 7.74. The molecule has 0 spiro atoms. The van der Waals surface area contributed by atoms with Crippen LogP contribution in [0.25, 0.3) is 5.65 Å². The van der Waals surface area contributed by atoms with Crippen molar-refractivity contribution in [2.75, 3.05) is 18.0 Å². The molecule has 0 saturated carbocycles. The van der Waals surface area contributed by atoms with E-state index in [4.69, 9.17) is 5.11 Å². The zero-order valence-electron chi connectivity index (χ0n) is 8.19. The number of fused-ring (bicyclic) bond motifs is 1. The van der Waals surface area contributed by atoms with E-state index in [0.29, 0.717) is 24.6 Å². The van der Waals surface area contributed by atoms with Crippen LogP contribution < -0.4 is 4.90 Å². The van der Waals surface area contributed by atoms with Crippen LogP contribution in [0.1, 0.15) is 0 Å². The van der Waals surface area contributed by atoms with Crippen LogP contribution in [-0.2, 0) is 4.79 Å². The SMILES string of the molecule is O=C(O)C1CN(c2ccc3nnnn3n2)C1. The molecule has 0 radical (unpaired) electrons. The minimum Gasteiger partial charge on any atom is -0.481 e. The third-order valence-corrected chi connectivity index (χ3v) is 2.61. The molecule has 0 aliphatic carbocycles. The van der Waals surface area contributed by atoms with Gasteiger partial charge in [-0.25, -0.2) is 0 Å². The maximum Gasteiger partial charge on any atom is 0.310 e. The molecule has 16 heavy (non-hydrogen) atoms. The highest BCUT2D eigenvalue weighted by atomic mass is 16.4. The Hall–Kier alpha value is -2.25. The molecule has 0 atom stereocenters. The predicted octanol–water partition coefficient (Wildman–Crippen LogP) is -0.960. The number of tetrazole rings is 1. The van der Waals surface area contributed by atoms with E-state index in [1.807, 2.05) is 4.90 Å². The van der Waals surface area contributed by atoms with Crippen LogP contribution in [0.2, 0.25) is 0 Å². The maximum absolute atomic E-state index is 10.6. The van der Waals surface area contributed by atoms with Crippen LogP contribution in [0.5, 0.6) is 0 Å². The summed E-state index contributed by atoms with van der Waals surface area (Å²) < 4.78 is 1.32. The highest BCUT2D eigenvalue weighted by Gasteiger charge is 2.33. The van der Waals surface area contributed by atoms with E-state index in [1.54, 1.807) is 12.1 Å². The quantitative estimate of drug-likeness (QED) is 0.696. The lowest BCUT2D eigenvalue weighted by Gasteiger charge is -2.37.